The Balaban J connectivity index is 2.01. The smallest absolute Gasteiger partial charge is 0.225 e. The summed E-state index contributed by atoms with van der Waals surface area (Å²) in [7, 11) is 0. The van der Waals surface area contributed by atoms with Crippen molar-refractivity contribution in [3.05, 3.63) is 35.4 Å². The van der Waals surface area contributed by atoms with Gasteiger partial charge in [0.25, 0.3) is 0 Å². The molecule has 104 valence electrons. The third-order valence-corrected chi connectivity index (χ3v) is 4.19. The van der Waals surface area contributed by atoms with Gasteiger partial charge in [-0.3, -0.25) is 4.79 Å². The monoisotopic (exact) mass is 259 g/mol. The van der Waals surface area contributed by atoms with E-state index in [-0.39, 0.29) is 5.92 Å². The van der Waals surface area contributed by atoms with E-state index in [1.165, 1.54) is 17.5 Å². The van der Waals surface area contributed by atoms with E-state index in [0.29, 0.717) is 5.91 Å². The zero-order valence-electron chi connectivity index (χ0n) is 12.2. The molecule has 1 aromatic rings. The van der Waals surface area contributed by atoms with Crippen LogP contribution in [0.4, 0.5) is 0 Å². The molecule has 1 amide bonds. The maximum Gasteiger partial charge on any atom is 0.225 e. The molecule has 0 fully saturated rings. The van der Waals surface area contributed by atoms with Gasteiger partial charge in [-0.2, -0.15) is 0 Å². The van der Waals surface area contributed by atoms with Crippen LogP contribution in [0, 0.1) is 5.92 Å². The van der Waals surface area contributed by atoms with Gasteiger partial charge in [0, 0.05) is 19.0 Å². The third kappa shape index (κ3) is 3.37. The Labute approximate surface area is 116 Å². The molecule has 1 aromatic carbocycles. The molecule has 0 aromatic heterocycles. The Morgan fingerprint density at radius 2 is 2.00 bits per heavy atom. The van der Waals surface area contributed by atoms with Gasteiger partial charge in [-0.15, -0.1) is 0 Å². The van der Waals surface area contributed by atoms with Crippen molar-refractivity contribution in [1.29, 1.82) is 0 Å². The minimum absolute atomic E-state index is 0.227. The lowest BCUT2D eigenvalue weighted by Gasteiger charge is -2.31. The van der Waals surface area contributed by atoms with Crippen molar-refractivity contribution < 1.29 is 4.79 Å². The van der Waals surface area contributed by atoms with Gasteiger partial charge < -0.3 is 4.90 Å². The molecule has 2 rings (SSSR count). The molecule has 19 heavy (non-hydrogen) atoms. The summed E-state index contributed by atoms with van der Waals surface area (Å²) >= 11 is 0. The van der Waals surface area contributed by atoms with Crippen LogP contribution in [0.15, 0.2) is 24.3 Å². The average Bonchev–Trinajstić information content (AvgIpc) is 2.47. The Hall–Kier alpha value is -1.31. The molecule has 1 aliphatic heterocycles. The molecule has 1 atom stereocenters. The fraction of sp³-hybridized carbons (Fsp3) is 0.588. The summed E-state index contributed by atoms with van der Waals surface area (Å²) in [6.45, 7) is 6.01. The lowest BCUT2D eigenvalue weighted by molar-refractivity contribution is -0.136. The largest absolute Gasteiger partial charge is 0.338 e. The van der Waals surface area contributed by atoms with Gasteiger partial charge in [0.15, 0.2) is 0 Å². The van der Waals surface area contributed by atoms with Crippen molar-refractivity contribution in [3.63, 3.8) is 0 Å². The molecule has 1 heterocycles. The lowest BCUT2D eigenvalue weighted by Crippen LogP contribution is -2.39. The van der Waals surface area contributed by atoms with Gasteiger partial charge >= 0.3 is 0 Å². The number of rotatable bonds is 5. The van der Waals surface area contributed by atoms with Gasteiger partial charge in [-0.1, -0.05) is 51.0 Å². The molecule has 0 spiro atoms. The van der Waals surface area contributed by atoms with Crippen molar-refractivity contribution in [2.75, 3.05) is 6.54 Å². The first kappa shape index (κ1) is 14.1. The van der Waals surface area contributed by atoms with Crippen molar-refractivity contribution in [2.24, 2.45) is 5.92 Å². The minimum Gasteiger partial charge on any atom is -0.338 e. The number of hydrogen-bond donors (Lipinski definition) is 0. The Morgan fingerprint density at radius 3 is 2.68 bits per heavy atom. The highest BCUT2D eigenvalue weighted by Crippen LogP contribution is 2.22. The van der Waals surface area contributed by atoms with Gasteiger partial charge in [-0.25, -0.2) is 0 Å². The molecule has 0 aliphatic carbocycles. The van der Waals surface area contributed by atoms with Gasteiger partial charge in [0.2, 0.25) is 5.91 Å². The van der Waals surface area contributed by atoms with Crippen LogP contribution >= 0.6 is 0 Å². The van der Waals surface area contributed by atoms with E-state index in [0.717, 1.165) is 38.8 Å². The van der Waals surface area contributed by atoms with Crippen LogP contribution in [0.1, 0.15) is 50.7 Å². The van der Waals surface area contributed by atoms with E-state index in [9.17, 15) is 4.79 Å². The van der Waals surface area contributed by atoms with Crippen LogP contribution in [-0.4, -0.2) is 17.4 Å². The van der Waals surface area contributed by atoms with Gasteiger partial charge in [0.05, 0.1) is 0 Å². The first-order chi connectivity index (χ1) is 9.26. The number of amides is 1. The van der Waals surface area contributed by atoms with E-state index >= 15 is 0 Å². The predicted octanol–water partition coefficient (Wildman–Crippen LogP) is 3.79. The van der Waals surface area contributed by atoms with Crippen molar-refractivity contribution in [1.82, 2.24) is 4.90 Å². The molecular weight excluding hydrogens is 234 g/mol. The summed E-state index contributed by atoms with van der Waals surface area (Å²) in [6.07, 6.45) is 5.36. The summed E-state index contributed by atoms with van der Waals surface area (Å²) in [5.41, 5.74) is 2.74. The number of nitrogens with zero attached hydrogens (tertiary/aromatic N) is 1. The highest BCUT2D eigenvalue weighted by molar-refractivity contribution is 5.79. The van der Waals surface area contributed by atoms with Crippen LogP contribution in [0.25, 0.3) is 0 Å². The van der Waals surface area contributed by atoms with E-state index in [1.54, 1.807) is 0 Å². The summed E-state index contributed by atoms with van der Waals surface area (Å²) < 4.78 is 0. The van der Waals surface area contributed by atoms with Crippen LogP contribution in [0.3, 0.4) is 0 Å². The molecule has 0 saturated heterocycles. The zero-order valence-corrected chi connectivity index (χ0v) is 12.2. The number of fused-ring (bicyclic) bond motifs is 1. The zero-order chi connectivity index (χ0) is 13.7. The van der Waals surface area contributed by atoms with E-state index in [2.05, 4.69) is 43.0 Å². The summed E-state index contributed by atoms with van der Waals surface area (Å²) in [5.74, 6) is 0.593. The Bertz CT molecular complexity index is 427. The van der Waals surface area contributed by atoms with Crippen molar-refractivity contribution in [2.45, 2.75) is 52.5 Å². The molecule has 0 saturated carbocycles. The number of hydrogen-bond acceptors (Lipinski definition) is 1. The maximum atomic E-state index is 12.6. The highest BCUT2D eigenvalue weighted by atomic mass is 16.2. The first-order valence-corrected chi connectivity index (χ1v) is 7.61. The molecular formula is C17H25NO. The number of benzene rings is 1. The lowest BCUT2D eigenvalue weighted by atomic mass is 9.94. The second-order valence-corrected chi connectivity index (χ2v) is 5.53. The minimum atomic E-state index is 0.227. The van der Waals surface area contributed by atoms with Gasteiger partial charge in [-0.05, 0) is 30.4 Å². The topological polar surface area (TPSA) is 20.3 Å². The fourth-order valence-corrected chi connectivity index (χ4v) is 2.89. The third-order valence-electron chi connectivity index (χ3n) is 4.19. The average molecular weight is 259 g/mol. The fourth-order valence-electron chi connectivity index (χ4n) is 2.89. The second-order valence-electron chi connectivity index (χ2n) is 5.53. The highest BCUT2D eigenvalue weighted by Gasteiger charge is 2.25. The van der Waals surface area contributed by atoms with Gasteiger partial charge in [0.1, 0.15) is 0 Å². The molecule has 2 nitrogen and oxygen atoms in total. The Morgan fingerprint density at radius 1 is 1.26 bits per heavy atom. The number of carbonyl (C=O) groups excluding carboxylic acids is 1. The summed E-state index contributed by atoms with van der Waals surface area (Å²) in [5, 5.41) is 0. The Kier molecular flexibility index (Phi) is 5.00. The second kappa shape index (κ2) is 6.74. The van der Waals surface area contributed by atoms with E-state index in [4.69, 9.17) is 0 Å². The van der Waals surface area contributed by atoms with Crippen molar-refractivity contribution in [3.8, 4) is 0 Å². The number of carbonyl (C=O) groups is 1. The maximum absolute atomic E-state index is 12.6. The standard InChI is InChI=1S/C17H25NO/c1-3-5-8-14(4-2)17(19)18-12-11-15-9-6-7-10-16(15)13-18/h6-7,9-10,14H,3-5,8,11-13H2,1-2H3. The van der Waals surface area contributed by atoms with Crippen LogP contribution in [0.2, 0.25) is 0 Å². The molecule has 2 heteroatoms. The first-order valence-electron chi connectivity index (χ1n) is 7.61. The van der Waals surface area contributed by atoms with E-state index in [1.807, 2.05) is 0 Å². The summed E-state index contributed by atoms with van der Waals surface area (Å²) in [4.78, 5) is 14.6. The molecule has 0 radical (unpaired) electrons. The van der Waals surface area contributed by atoms with E-state index < -0.39 is 0 Å². The molecule has 0 N–H and O–H groups in total. The SMILES string of the molecule is CCCCC(CC)C(=O)N1CCc2ccccc2C1. The van der Waals surface area contributed by atoms with Crippen LogP contribution in [0.5, 0.6) is 0 Å². The van der Waals surface area contributed by atoms with Crippen LogP contribution in [-0.2, 0) is 17.8 Å². The van der Waals surface area contributed by atoms with Crippen molar-refractivity contribution >= 4 is 5.91 Å². The molecule has 0 bridgehead atoms. The summed E-state index contributed by atoms with van der Waals surface area (Å²) in [6, 6.07) is 8.50. The molecule has 1 unspecified atom stereocenters. The van der Waals surface area contributed by atoms with Crippen LogP contribution < -0.4 is 0 Å². The number of unbranched alkanes of at least 4 members (excludes halogenated alkanes) is 1. The predicted molar refractivity (Wildman–Crippen MR) is 78.9 cm³/mol. The normalized spacial score (nSPS) is 16.0. The quantitative estimate of drug-likeness (QED) is 0.788. The molecule has 1 aliphatic rings.